The van der Waals surface area contributed by atoms with Crippen LogP contribution in [0.1, 0.15) is 45.4 Å². The molecule has 0 spiro atoms. The molecule has 0 aromatic rings. The molecule has 0 aliphatic rings. The molecule has 0 unspecified atom stereocenters. The van der Waals surface area contributed by atoms with Crippen molar-refractivity contribution in [3.05, 3.63) is 0 Å². The van der Waals surface area contributed by atoms with Gasteiger partial charge in [-0.3, -0.25) is 4.55 Å². The summed E-state index contributed by atoms with van der Waals surface area (Å²) in [7, 11) is -3.72. The van der Waals surface area contributed by atoms with Crippen molar-refractivity contribution in [1.29, 1.82) is 0 Å². The van der Waals surface area contributed by atoms with E-state index in [1.54, 1.807) is 0 Å². The summed E-state index contributed by atoms with van der Waals surface area (Å²) >= 11 is 0. The summed E-state index contributed by atoms with van der Waals surface area (Å²) in [6.07, 6.45) is 6.14. The number of rotatable bonds is 7. The standard InChI is InChI=1S/C8H18O3S.Ca/c1-2-3-4-5-6-7-8-12(9,10)11;/h2-8H2,1H3,(H,9,10,11);. The fourth-order valence-corrected chi connectivity index (χ4v) is 1.63. The first-order valence-electron chi connectivity index (χ1n) is 4.51. The van der Waals surface area contributed by atoms with Crippen molar-refractivity contribution >= 4 is 47.9 Å². The van der Waals surface area contributed by atoms with Crippen LogP contribution in [-0.2, 0) is 10.1 Å². The molecular weight excluding hydrogens is 216 g/mol. The summed E-state index contributed by atoms with van der Waals surface area (Å²) in [5, 5.41) is 0. The summed E-state index contributed by atoms with van der Waals surface area (Å²) in [5.74, 6) is -0.0842. The van der Waals surface area contributed by atoms with E-state index in [0.717, 1.165) is 12.8 Å². The summed E-state index contributed by atoms with van der Waals surface area (Å²) in [6, 6.07) is 0. The van der Waals surface area contributed by atoms with Crippen molar-refractivity contribution < 1.29 is 13.0 Å². The van der Waals surface area contributed by atoms with Gasteiger partial charge in [-0.25, -0.2) is 0 Å². The molecule has 3 nitrogen and oxygen atoms in total. The fourth-order valence-electron chi connectivity index (χ4n) is 1.06. The van der Waals surface area contributed by atoms with Crippen molar-refractivity contribution in [1.82, 2.24) is 0 Å². The molecule has 0 aromatic heterocycles. The summed E-state index contributed by atoms with van der Waals surface area (Å²) in [4.78, 5) is 0. The van der Waals surface area contributed by atoms with E-state index in [2.05, 4.69) is 6.92 Å². The second-order valence-corrected chi connectivity index (χ2v) is 4.63. The molecule has 1 N–H and O–H groups in total. The van der Waals surface area contributed by atoms with Gasteiger partial charge in [0.2, 0.25) is 0 Å². The van der Waals surface area contributed by atoms with Crippen LogP contribution in [0.4, 0.5) is 0 Å². The first kappa shape index (κ1) is 16.6. The van der Waals surface area contributed by atoms with Crippen LogP contribution < -0.4 is 0 Å². The minimum atomic E-state index is -3.72. The minimum absolute atomic E-state index is 0. The Kier molecular flexibility index (Phi) is 12.4. The Bertz CT molecular complexity index is 190. The number of hydrogen-bond acceptors (Lipinski definition) is 2. The molecule has 0 bridgehead atoms. The zero-order valence-corrected chi connectivity index (χ0v) is 11.4. The normalized spacial score (nSPS) is 10.9. The molecule has 0 aliphatic heterocycles. The molecule has 0 rings (SSSR count). The Labute approximate surface area is 111 Å². The minimum Gasteiger partial charge on any atom is -0.286 e. The second-order valence-electron chi connectivity index (χ2n) is 3.05. The van der Waals surface area contributed by atoms with E-state index in [9.17, 15) is 8.42 Å². The fraction of sp³-hybridized carbons (Fsp3) is 1.00. The number of unbranched alkanes of at least 4 members (excludes halogenated alkanes) is 5. The SMILES string of the molecule is CCCCCCCCS(=O)(=O)O.[Ca]. The third-order valence-corrected chi connectivity index (χ3v) is 2.56. The van der Waals surface area contributed by atoms with E-state index >= 15 is 0 Å². The largest absolute Gasteiger partial charge is 0.286 e. The summed E-state index contributed by atoms with van der Waals surface area (Å²) in [5.41, 5.74) is 0. The molecule has 0 amide bonds. The van der Waals surface area contributed by atoms with Crippen LogP contribution in [0.3, 0.4) is 0 Å². The van der Waals surface area contributed by atoms with E-state index in [-0.39, 0.29) is 43.5 Å². The maximum absolute atomic E-state index is 10.3. The Balaban J connectivity index is 0. The van der Waals surface area contributed by atoms with Gasteiger partial charge in [0.1, 0.15) is 0 Å². The van der Waals surface area contributed by atoms with E-state index in [4.69, 9.17) is 4.55 Å². The van der Waals surface area contributed by atoms with E-state index in [0.29, 0.717) is 6.42 Å². The second kappa shape index (κ2) is 9.71. The van der Waals surface area contributed by atoms with Gasteiger partial charge in [-0.15, -0.1) is 0 Å². The van der Waals surface area contributed by atoms with Crippen LogP contribution in [-0.4, -0.2) is 56.5 Å². The molecule has 0 fully saturated rings. The van der Waals surface area contributed by atoms with E-state index < -0.39 is 10.1 Å². The van der Waals surface area contributed by atoms with Crippen molar-refractivity contribution in [2.24, 2.45) is 0 Å². The Hall–Kier alpha value is 1.17. The van der Waals surface area contributed by atoms with Crippen LogP contribution >= 0.6 is 0 Å². The average Bonchev–Trinajstić information content (AvgIpc) is 1.94. The first-order chi connectivity index (χ1) is 5.56. The Morgan fingerprint density at radius 3 is 1.92 bits per heavy atom. The monoisotopic (exact) mass is 234 g/mol. The Morgan fingerprint density at radius 2 is 1.46 bits per heavy atom. The van der Waals surface area contributed by atoms with Crippen molar-refractivity contribution in [3.63, 3.8) is 0 Å². The maximum atomic E-state index is 10.3. The van der Waals surface area contributed by atoms with Crippen molar-refractivity contribution in [2.75, 3.05) is 5.75 Å². The van der Waals surface area contributed by atoms with E-state index in [1.165, 1.54) is 19.3 Å². The van der Waals surface area contributed by atoms with Crippen LogP contribution in [0.25, 0.3) is 0 Å². The van der Waals surface area contributed by atoms with Crippen LogP contribution in [0.15, 0.2) is 0 Å². The van der Waals surface area contributed by atoms with Gasteiger partial charge in [-0.05, 0) is 6.42 Å². The third kappa shape index (κ3) is 15.9. The van der Waals surface area contributed by atoms with Crippen LogP contribution in [0.5, 0.6) is 0 Å². The zero-order chi connectivity index (χ0) is 9.45. The predicted molar refractivity (Wildman–Crippen MR) is 55.5 cm³/mol. The van der Waals surface area contributed by atoms with Gasteiger partial charge in [-0.2, -0.15) is 8.42 Å². The quantitative estimate of drug-likeness (QED) is 0.415. The molecule has 0 aliphatic carbocycles. The average molecular weight is 234 g/mol. The molecule has 0 atom stereocenters. The van der Waals surface area contributed by atoms with Crippen LogP contribution in [0.2, 0.25) is 0 Å². The van der Waals surface area contributed by atoms with Gasteiger partial charge in [0.05, 0.1) is 5.75 Å². The zero-order valence-electron chi connectivity index (χ0n) is 8.33. The molecule has 0 saturated carbocycles. The molecule has 13 heavy (non-hydrogen) atoms. The molecule has 5 heteroatoms. The van der Waals surface area contributed by atoms with Gasteiger partial charge in [-0.1, -0.05) is 39.0 Å². The topological polar surface area (TPSA) is 54.4 Å². The van der Waals surface area contributed by atoms with Gasteiger partial charge in [0.15, 0.2) is 0 Å². The van der Waals surface area contributed by atoms with Crippen LogP contribution in [0, 0.1) is 0 Å². The first-order valence-corrected chi connectivity index (χ1v) is 6.12. The van der Waals surface area contributed by atoms with Crippen molar-refractivity contribution in [3.8, 4) is 0 Å². The Morgan fingerprint density at radius 1 is 1.00 bits per heavy atom. The third-order valence-electron chi connectivity index (χ3n) is 1.76. The summed E-state index contributed by atoms with van der Waals surface area (Å²) < 4.78 is 28.9. The van der Waals surface area contributed by atoms with E-state index in [1.807, 2.05) is 0 Å². The van der Waals surface area contributed by atoms with Gasteiger partial charge in [0.25, 0.3) is 10.1 Å². The maximum Gasteiger partial charge on any atom is 0.264 e. The molecule has 0 heterocycles. The van der Waals surface area contributed by atoms with Gasteiger partial charge < -0.3 is 0 Å². The molecular formula is C8H18CaO3S. The number of hydrogen-bond donors (Lipinski definition) is 1. The van der Waals surface area contributed by atoms with Gasteiger partial charge in [0, 0.05) is 37.7 Å². The van der Waals surface area contributed by atoms with Gasteiger partial charge >= 0.3 is 0 Å². The molecule has 76 valence electrons. The predicted octanol–water partition coefficient (Wildman–Crippen LogP) is 1.85. The smallest absolute Gasteiger partial charge is 0.264 e. The molecule has 0 saturated heterocycles. The van der Waals surface area contributed by atoms with Crippen molar-refractivity contribution in [2.45, 2.75) is 45.4 Å². The summed E-state index contributed by atoms with van der Waals surface area (Å²) in [6.45, 7) is 2.14. The molecule has 0 aromatic carbocycles. The molecule has 2 radical (unpaired) electrons.